The van der Waals surface area contributed by atoms with Crippen LogP contribution in [0.15, 0.2) is 42.5 Å². The minimum absolute atomic E-state index is 0.0244. The summed E-state index contributed by atoms with van der Waals surface area (Å²) in [5.74, 6) is -4.38. The van der Waals surface area contributed by atoms with Gasteiger partial charge >= 0.3 is 12.1 Å². The van der Waals surface area contributed by atoms with Crippen molar-refractivity contribution in [2.75, 3.05) is 26.2 Å². The smallest absolute Gasteiger partial charge is 0.475 e. The largest absolute Gasteiger partial charge is 0.490 e. The van der Waals surface area contributed by atoms with Gasteiger partial charge < -0.3 is 15.3 Å². The normalized spacial score (nSPS) is 19.4. The van der Waals surface area contributed by atoms with Gasteiger partial charge in [-0.1, -0.05) is 29.3 Å². The number of carboxylic acid groups (broad SMARTS) is 1. The van der Waals surface area contributed by atoms with Gasteiger partial charge in [0.2, 0.25) is 5.91 Å². The summed E-state index contributed by atoms with van der Waals surface area (Å²) in [4.78, 5) is 24.2. The Morgan fingerprint density at radius 3 is 2.26 bits per heavy atom. The second kappa shape index (κ2) is 13.0. The number of amides is 1. The number of nitrogens with one attached hydrogen (secondary N) is 1. The zero-order valence-electron chi connectivity index (χ0n) is 22.3. The molecule has 2 N–H and O–H groups in total. The van der Waals surface area contributed by atoms with E-state index in [0.717, 1.165) is 36.0 Å². The number of alkyl halides is 3. The number of aromatic nitrogens is 2. The fourth-order valence-corrected chi connectivity index (χ4v) is 5.62. The number of nitrogens with zero attached hydrogens (tertiary/aromatic N) is 3. The van der Waals surface area contributed by atoms with Crippen LogP contribution in [0.3, 0.4) is 0 Å². The highest BCUT2D eigenvalue weighted by atomic mass is 35.5. The number of hydrogen-bond acceptors (Lipinski definition) is 4. The number of aryl methyl sites for hydroxylation is 1. The van der Waals surface area contributed by atoms with Crippen LogP contribution in [-0.4, -0.2) is 64.0 Å². The fourth-order valence-electron chi connectivity index (χ4n) is 5.33. The number of carbonyl (C=O) groups excluding carboxylic acids is 1. The molecule has 226 valence electrons. The predicted molar refractivity (Wildman–Crippen MR) is 146 cm³/mol. The topological polar surface area (TPSA) is 87.5 Å². The first-order valence-electron chi connectivity index (χ1n) is 13.0. The van der Waals surface area contributed by atoms with E-state index in [1.165, 1.54) is 12.1 Å². The van der Waals surface area contributed by atoms with Gasteiger partial charge in [-0.15, -0.1) is 0 Å². The molecular formula is C28H27Cl2F5N4O3. The Balaban J connectivity index is 0.000000517. The maximum Gasteiger partial charge on any atom is 0.490 e. The van der Waals surface area contributed by atoms with E-state index in [9.17, 15) is 26.7 Å². The Labute approximate surface area is 248 Å². The van der Waals surface area contributed by atoms with Crippen molar-refractivity contribution in [3.8, 4) is 5.69 Å². The monoisotopic (exact) mass is 632 g/mol. The molecule has 14 heteroatoms. The molecule has 0 unspecified atom stereocenters. The van der Waals surface area contributed by atoms with Crippen LogP contribution >= 0.6 is 23.2 Å². The SMILES string of the molecule is Cc1cc(C2CCN(C(=O)[C@@H]3CNC[C@H]3c3ccc(F)cc3F)CC2)n(-c2ccc(Cl)c(Cl)c2)n1.O=C(O)C(F)(F)F. The minimum Gasteiger partial charge on any atom is -0.475 e. The van der Waals surface area contributed by atoms with Crippen molar-refractivity contribution in [3.63, 3.8) is 0 Å². The molecule has 2 aliphatic heterocycles. The summed E-state index contributed by atoms with van der Waals surface area (Å²) in [5.41, 5.74) is 3.24. The molecule has 3 aromatic rings. The Kier molecular flexibility index (Phi) is 9.79. The number of hydrogen-bond donors (Lipinski definition) is 2. The second-order valence-electron chi connectivity index (χ2n) is 10.2. The van der Waals surface area contributed by atoms with Gasteiger partial charge in [0.05, 0.1) is 27.3 Å². The summed E-state index contributed by atoms with van der Waals surface area (Å²) in [7, 11) is 0. The van der Waals surface area contributed by atoms with Crippen LogP contribution in [-0.2, 0) is 9.59 Å². The first-order valence-corrected chi connectivity index (χ1v) is 13.8. The van der Waals surface area contributed by atoms with Crippen molar-refractivity contribution in [3.05, 3.63) is 81.1 Å². The molecule has 0 bridgehead atoms. The molecule has 1 amide bonds. The van der Waals surface area contributed by atoms with E-state index in [0.29, 0.717) is 41.8 Å². The number of benzene rings is 2. The van der Waals surface area contributed by atoms with Gasteiger partial charge in [-0.05, 0) is 55.7 Å². The Morgan fingerprint density at radius 1 is 1.00 bits per heavy atom. The molecule has 2 aromatic carbocycles. The van der Waals surface area contributed by atoms with Crippen LogP contribution in [0.5, 0.6) is 0 Å². The lowest BCUT2D eigenvalue weighted by Gasteiger charge is -2.34. The van der Waals surface area contributed by atoms with E-state index in [4.69, 9.17) is 33.1 Å². The Bertz CT molecular complexity index is 1460. The molecule has 2 fully saturated rings. The van der Waals surface area contributed by atoms with Crippen LogP contribution in [0.1, 0.15) is 41.6 Å². The van der Waals surface area contributed by atoms with Gasteiger partial charge in [0.1, 0.15) is 11.6 Å². The van der Waals surface area contributed by atoms with Crippen molar-refractivity contribution >= 4 is 35.1 Å². The third kappa shape index (κ3) is 7.22. The standard InChI is InChI=1S/C26H26Cl2F2N4O.C2HF3O2/c1-15-10-25(34(32-15)18-3-5-22(27)23(28)12-18)16-6-8-33(9-7-16)26(35)21-14-31-13-20(21)19-4-2-17(29)11-24(19)30;3-2(4,5)1(6)7/h2-5,10-12,16,20-21,31H,6-9,13-14H2,1H3;(H,6,7)/t20-,21+;/m0./s1. The van der Waals surface area contributed by atoms with Gasteiger partial charge in [0.15, 0.2) is 0 Å². The number of rotatable bonds is 4. The van der Waals surface area contributed by atoms with E-state index < -0.39 is 23.8 Å². The maximum absolute atomic E-state index is 14.4. The second-order valence-corrected chi connectivity index (χ2v) is 11.0. The number of piperidine rings is 1. The molecule has 7 nitrogen and oxygen atoms in total. The summed E-state index contributed by atoms with van der Waals surface area (Å²) in [5, 5.41) is 16.0. The lowest BCUT2D eigenvalue weighted by Crippen LogP contribution is -2.43. The number of likely N-dealkylation sites (tertiary alicyclic amines) is 1. The van der Waals surface area contributed by atoms with Crippen LogP contribution < -0.4 is 5.32 Å². The van der Waals surface area contributed by atoms with Crippen molar-refractivity contribution < 1.29 is 36.6 Å². The summed E-state index contributed by atoms with van der Waals surface area (Å²) in [6.45, 7) is 4.17. The quantitative estimate of drug-likeness (QED) is 0.339. The first-order chi connectivity index (χ1) is 19.8. The molecule has 0 radical (unpaired) electrons. The van der Waals surface area contributed by atoms with E-state index in [1.54, 1.807) is 12.1 Å². The Morgan fingerprint density at radius 2 is 1.67 bits per heavy atom. The average molecular weight is 633 g/mol. The van der Waals surface area contributed by atoms with E-state index in [-0.39, 0.29) is 23.7 Å². The number of carboxylic acids is 1. The molecule has 0 spiro atoms. The third-order valence-corrected chi connectivity index (χ3v) is 8.11. The van der Waals surface area contributed by atoms with Gasteiger partial charge in [-0.25, -0.2) is 18.3 Å². The molecule has 3 heterocycles. The molecule has 0 aliphatic carbocycles. The fraction of sp³-hybridized carbons (Fsp3) is 0.393. The highest BCUT2D eigenvalue weighted by Crippen LogP contribution is 2.35. The van der Waals surface area contributed by atoms with Crippen molar-refractivity contribution in [1.82, 2.24) is 20.0 Å². The van der Waals surface area contributed by atoms with Crippen LogP contribution in [0.2, 0.25) is 10.0 Å². The molecule has 42 heavy (non-hydrogen) atoms. The molecule has 2 atom stereocenters. The van der Waals surface area contributed by atoms with Gasteiger partial charge in [0.25, 0.3) is 0 Å². The highest BCUT2D eigenvalue weighted by molar-refractivity contribution is 6.42. The Hall–Kier alpha value is -3.22. The number of aliphatic carboxylic acids is 1. The van der Waals surface area contributed by atoms with Gasteiger partial charge in [-0.3, -0.25) is 4.79 Å². The van der Waals surface area contributed by atoms with Crippen molar-refractivity contribution in [1.29, 1.82) is 0 Å². The number of carbonyl (C=O) groups is 2. The molecule has 0 saturated carbocycles. The van der Waals surface area contributed by atoms with Crippen LogP contribution in [0.4, 0.5) is 22.0 Å². The van der Waals surface area contributed by atoms with E-state index >= 15 is 0 Å². The summed E-state index contributed by atoms with van der Waals surface area (Å²) < 4.78 is 61.5. The maximum atomic E-state index is 14.4. The lowest BCUT2D eigenvalue weighted by atomic mass is 9.86. The van der Waals surface area contributed by atoms with Crippen molar-refractivity contribution in [2.45, 2.75) is 37.8 Å². The summed E-state index contributed by atoms with van der Waals surface area (Å²) in [6, 6.07) is 11.1. The van der Waals surface area contributed by atoms with Crippen molar-refractivity contribution in [2.24, 2.45) is 5.92 Å². The summed E-state index contributed by atoms with van der Waals surface area (Å²) >= 11 is 12.3. The number of halogens is 7. The first kappa shape index (κ1) is 31.7. The predicted octanol–water partition coefficient (Wildman–Crippen LogP) is 6.11. The zero-order valence-corrected chi connectivity index (χ0v) is 23.8. The lowest BCUT2D eigenvalue weighted by molar-refractivity contribution is -0.192. The van der Waals surface area contributed by atoms with Gasteiger partial charge in [0, 0.05) is 49.8 Å². The highest BCUT2D eigenvalue weighted by Gasteiger charge is 2.39. The molecule has 2 aliphatic rings. The van der Waals surface area contributed by atoms with E-state index in [1.807, 2.05) is 22.6 Å². The van der Waals surface area contributed by atoms with Gasteiger partial charge in [-0.2, -0.15) is 18.3 Å². The average Bonchev–Trinajstić information content (AvgIpc) is 3.57. The van der Waals surface area contributed by atoms with E-state index in [2.05, 4.69) is 16.5 Å². The van der Waals surface area contributed by atoms with Crippen LogP contribution in [0, 0.1) is 24.5 Å². The minimum atomic E-state index is -5.08. The summed E-state index contributed by atoms with van der Waals surface area (Å²) in [6.07, 6.45) is -3.48. The van der Waals surface area contributed by atoms with Crippen LogP contribution in [0.25, 0.3) is 5.69 Å². The molecule has 1 aromatic heterocycles. The third-order valence-electron chi connectivity index (χ3n) is 7.37. The molecular weight excluding hydrogens is 606 g/mol. The zero-order chi connectivity index (χ0) is 30.8. The molecule has 2 saturated heterocycles. The molecule has 5 rings (SSSR count).